The predicted molar refractivity (Wildman–Crippen MR) is 59.5 cm³/mol. The fourth-order valence-electron chi connectivity index (χ4n) is 1.25. The normalized spacial score (nSPS) is 23.7. The number of aliphatic hydroxyl groups excluding tert-OH is 1. The van der Waals surface area contributed by atoms with Gasteiger partial charge in [-0.15, -0.1) is 0 Å². The Kier molecular flexibility index (Phi) is 6.86. The summed E-state index contributed by atoms with van der Waals surface area (Å²) in [5.41, 5.74) is 9.57. The summed E-state index contributed by atoms with van der Waals surface area (Å²) in [6.45, 7) is 0.595. The molecule has 0 aromatic rings. The van der Waals surface area contributed by atoms with Gasteiger partial charge in [-0.05, 0) is 13.0 Å². The zero-order valence-corrected chi connectivity index (χ0v) is 9.57. The number of primary amides is 1. The van der Waals surface area contributed by atoms with Crippen molar-refractivity contribution in [3.63, 3.8) is 0 Å². The monoisotopic (exact) mass is 263 g/mol. The number of aliphatic hydroxyl groups is 1. The average molecular weight is 263 g/mol. The third-order valence-corrected chi connectivity index (χ3v) is 2.19. The van der Waals surface area contributed by atoms with Crippen LogP contribution in [-0.4, -0.2) is 57.9 Å². The van der Waals surface area contributed by atoms with Crippen molar-refractivity contribution < 1.29 is 29.7 Å². The van der Waals surface area contributed by atoms with Crippen LogP contribution in [0.25, 0.3) is 0 Å². The van der Waals surface area contributed by atoms with Crippen LogP contribution in [0.3, 0.4) is 0 Å². The first-order valence-electron chi connectivity index (χ1n) is 5.16. The molecule has 1 amide bonds. The Bertz CT molecular complexity index is 321. The van der Waals surface area contributed by atoms with Crippen LogP contribution in [0.5, 0.6) is 0 Å². The lowest BCUT2D eigenvalue weighted by Gasteiger charge is -2.06. The first-order valence-corrected chi connectivity index (χ1v) is 5.16. The predicted octanol–water partition coefficient (Wildman–Crippen LogP) is -2.93. The van der Waals surface area contributed by atoms with Crippen LogP contribution in [-0.2, 0) is 14.4 Å². The van der Waals surface area contributed by atoms with Gasteiger partial charge >= 0.3 is 11.9 Å². The molecule has 104 valence electrons. The molecular weight excluding hydrogens is 246 g/mol. The fourth-order valence-corrected chi connectivity index (χ4v) is 1.25. The molecule has 0 spiro atoms. The van der Waals surface area contributed by atoms with Crippen molar-refractivity contribution in [3.05, 3.63) is 0 Å². The van der Waals surface area contributed by atoms with Crippen molar-refractivity contribution in [2.75, 3.05) is 6.54 Å². The van der Waals surface area contributed by atoms with Crippen molar-refractivity contribution in [2.45, 2.75) is 31.0 Å². The smallest absolute Gasteiger partial charge is 0.323 e. The molecule has 9 heteroatoms. The number of hydrogen-bond donors (Lipinski definition) is 6. The van der Waals surface area contributed by atoms with Crippen molar-refractivity contribution >= 4 is 17.8 Å². The maximum atomic E-state index is 10.2. The van der Waals surface area contributed by atoms with E-state index in [9.17, 15) is 14.4 Å². The maximum absolute atomic E-state index is 10.2. The van der Waals surface area contributed by atoms with Gasteiger partial charge in [0.1, 0.15) is 12.1 Å². The number of rotatable bonds is 4. The average Bonchev–Trinajstić information content (AvgIpc) is 2.64. The third kappa shape index (κ3) is 6.13. The van der Waals surface area contributed by atoms with Gasteiger partial charge in [-0.2, -0.15) is 0 Å². The summed E-state index contributed by atoms with van der Waals surface area (Å²) in [6.07, 6.45) is -0.478. The van der Waals surface area contributed by atoms with Crippen LogP contribution >= 0.6 is 0 Å². The van der Waals surface area contributed by atoms with Gasteiger partial charge in [0.2, 0.25) is 5.91 Å². The Morgan fingerprint density at radius 2 is 1.89 bits per heavy atom. The molecule has 0 aliphatic carbocycles. The van der Waals surface area contributed by atoms with Crippen LogP contribution in [0.1, 0.15) is 12.8 Å². The molecule has 8 N–H and O–H groups in total. The molecule has 1 rings (SSSR count). The van der Waals surface area contributed by atoms with E-state index in [1.807, 2.05) is 0 Å². The molecule has 0 radical (unpaired) electrons. The number of carbonyl (C=O) groups excluding carboxylic acids is 1. The summed E-state index contributed by atoms with van der Waals surface area (Å²) < 4.78 is 0. The van der Waals surface area contributed by atoms with E-state index in [4.69, 9.17) is 21.1 Å². The van der Waals surface area contributed by atoms with Crippen molar-refractivity contribution in [2.24, 2.45) is 11.5 Å². The van der Waals surface area contributed by atoms with E-state index >= 15 is 0 Å². The Morgan fingerprint density at radius 1 is 1.33 bits per heavy atom. The number of nitrogens with one attached hydrogen (secondary N) is 1. The van der Waals surface area contributed by atoms with E-state index in [2.05, 4.69) is 11.1 Å². The Morgan fingerprint density at radius 3 is 2.06 bits per heavy atom. The lowest BCUT2D eigenvalue weighted by molar-refractivity contribution is -0.141. The van der Waals surface area contributed by atoms with Gasteiger partial charge in [-0.25, -0.2) is 0 Å². The SMILES string of the molecule is NC(=O)C[C@H](N)C(=O)O.O=C(O)[C@H]1NCCC1O. The minimum absolute atomic E-state index is 0.310. The number of nitrogens with two attached hydrogens (primary N) is 2. The highest BCUT2D eigenvalue weighted by atomic mass is 16.4. The van der Waals surface area contributed by atoms with Crippen LogP contribution < -0.4 is 16.8 Å². The molecule has 1 fully saturated rings. The van der Waals surface area contributed by atoms with Gasteiger partial charge < -0.3 is 32.1 Å². The zero-order chi connectivity index (χ0) is 14.3. The number of carboxylic acids is 2. The van der Waals surface area contributed by atoms with Crippen molar-refractivity contribution in [3.8, 4) is 0 Å². The summed E-state index contributed by atoms with van der Waals surface area (Å²) in [6, 6.07) is -1.91. The van der Waals surface area contributed by atoms with E-state index in [1.54, 1.807) is 0 Å². The highest BCUT2D eigenvalue weighted by Crippen LogP contribution is 2.05. The molecule has 0 saturated carbocycles. The van der Waals surface area contributed by atoms with Gasteiger partial charge in [0.15, 0.2) is 0 Å². The third-order valence-electron chi connectivity index (χ3n) is 2.19. The summed E-state index contributed by atoms with van der Waals surface area (Å²) in [4.78, 5) is 30.1. The van der Waals surface area contributed by atoms with E-state index in [-0.39, 0.29) is 6.42 Å². The first-order chi connectivity index (χ1) is 8.25. The molecule has 0 aromatic carbocycles. The first kappa shape index (κ1) is 16.3. The minimum Gasteiger partial charge on any atom is -0.480 e. The Hall–Kier alpha value is -1.71. The summed E-state index contributed by atoms with van der Waals surface area (Å²) in [5.74, 6) is -2.89. The van der Waals surface area contributed by atoms with E-state index in [1.165, 1.54) is 0 Å². The number of hydrogen-bond acceptors (Lipinski definition) is 6. The molecule has 1 saturated heterocycles. The van der Waals surface area contributed by atoms with Crippen LogP contribution in [0.15, 0.2) is 0 Å². The molecule has 3 atom stereocenters. The Labute approximate surface area is 103 Å². The van der Waals surface area contributed by atoms with Crippen molar-refractivity contribution in [1.29, 1.82) is 0 Å². The van der Waals surface area contributed by atoms with E-state index < -0.39 is 36.0 Å². The standard InChI is InChI=1S/C5H9NO3.C4H8N2O3/c7-3-1-2-6-4(3)5(8)9;5-2(4(8)9)1-3(6)7/h3-4,6-7H,1-2H2,(H,8,9);2H,1,5H2,(H2,6,7)(H,8,9)/t3?,4-;2-/m00/s1. The topological polar surface area (TPSA) is 176 Å². The van der Waals surface area contributed by atoms with Crippen LogP contribution in [0.2, 0.25) is 0 Å². The zero-order valence-electron chi connectivity index (χ0n) is 9.57. The Balaban J connectivity index is 0.000000321. The quantitative estimate of drug-likeness (QED) is 0.312. The van der Waals surface area contributed by atoms with E-state index in [0.29, 0.717) is 13.0 Å². The molecule has 1 heterocycles. The number of carboxylic acid groups (broad SMARTS) is 2. The molecule has 0 bridgehead atoms. The van der Waals surface area contributed by atoms with Gasteiger partial charge in [-0.1, -0.05) is 0 Å². The molecule has 18 heavy (non-hydrogen) atoms. The molecule has 9 nitrogen and oxygen atoms in total. The molecule has 1 unspecified atom stereocenters. The lowest BCUT2D eigenvalue weighted by atomic mass is 10.2. The minimum atomic E-state index is -1.21. The van der Waals surface area contributed by atoms with Gasteiger partial charge in [-0.3, -0.25) is 14.4 Å². The number of amides is 1. The molecular formula is C9H17N3O6. The molecule has 0 aromatic heterocycles. The maximum Gasteiger partial charge on any atom is 0.323 e. The summed E-state index contributed by atoms with van der Waals surface area (Å²) in [7, 11) is 0. The summed E-state index contributed by atoms with van der Waals surface area (Å²) in [5, 5.41) is 28.0. The van der Waals surface area contributed by atoms with Crippen LogP contribution in [0.4, 0.5) is 0 Å². The second kappa shape index (κ2) is 7.58. The highest BCUT2D eigenvalue weighted by molar-refractivity contribution is 5.83. The summed E-state index contributed by atoms with van der Waals surface area (Å²) >= 11 is 0. The molecule has 1 aliphatic rings. The highest BCUT2D eigenvalue weighted by Gasteiger charge is 2.30. The van der Waals surface area contributed by atoms with Gasteiger partial charge in [0, 0.05) is 0 Å². The fraction of sp³-hybridized carbons (Fsp3) is 0.667. The van der Waals surface area contributed by atoms with Gasteiger partial charge in [0.05, 0.1) is 12.5 Å². The second-order valence-electron chi connectivity index (χ2n) is 3.74. The van der Waals surface area contributed by atoms with Gasteiger partial charge in [0.25, 0.3) is 0 Å². The largest absolute Gasteiger partial charge is 0.480 e. The number of aliphatic carboxylic acids is 2. The van der Waals surface area contributed by atoms with Crippen molar-refractivity contribution in [1.82, 2.24) is 5.32 Å². The lowest BCUT2D eigenvalue weighted by Crippen LogP contribution is -2.38. The number of carbonyl (C=O) groups is 3. The van der Waals surface area contributed by atoms with Crippen LogP contribution in [0, 0.1) is 0 Å². The van der Waals surface area contributed by atoms with E-state index in [0.717, 1.165) is 0 Å². The second-order valence-corrected chi connectivity index (χ2v) is 3.74. The molecule has 1 aliphatic heterocycles.